The number of H-pyrrole nitrogens is 1. The van der Waals surface area contributed by atoms with Crippen molar-refractivity contribution in [3.05, 3.63) is 30.0 Å². The maximum Gasteiger partial charge on any atom is 0.246 e. The predicted molar refractivity (Wildman–Crippen MR) is 53.9 cm³/mol. The summed E-state index contributed by atoms with van der Waals surface area (Å²) in [6.45, 7) is -0.0736. The van der Waals surface area contributed by atoms with Crippen molar-refractivity contribution in [2.45, 2.75) is 12.3 Å². The minimum Gasteiger partial charge on any atom is -0.330 e. The molecule has 2 aromatic rings. The van der Waals surface area contributed by atoms with Gasteiger partial charge in [0.1, 0.15) is 0 Å². The van der Waals surface area contributed by atoms with E-state index in [1.165, 1.54) is 0 Å². The summed E-state index contributed by atoms with van der Waals surface area (Å²) >= 11 is 0. The summed E-state index contributed by atoms with van der Waals surface area (Å²) < 4.78 is 25.4. The van der Waals surface area contributed by atoms with Crippen molar-refractivity contribution in [3.8, 4) is 0 Å². The van der Waals surface area contributed by atoms with E-state index < -0.39 is 12.3 Å². The molecule has 1 unspecified atom stereocenters. The van der Waals surface area contributed by atoms with E-state index in [0.717, 1.165) is 5.39 Å². The third-order valence-corrected chi connectivity index (χ3v) is 2.47. The van der Waals surface area contributed by atoms with Crippen LogP contribution in [0.5, 0.6) is 0 Å². The highest BCUT2D eigenvalue weighted by Crippen LogP contribution is 2.27. The highest BCUT2D eigenvalue weighted by Gasteiger charge is 2.23. The van der Waals surface area contributed by atoms with Crippen LogP contribution in [0.1, 0.15) is 11.5 Å². The minimum absolute atomic E-state index is 0.0736. The highest BCUT2D eigenvalue weighted by atomic mass is 19.3. The van der Waals surface area contributed by atoms with Crippen LogP contribution in [-0.4, -0.2) is 23.2 Å². The topological polar surface area (TPSA) is 54.7 Å². The molecule has 3 N–H and O–H groups in total. The molecule has 0 radical (unpaired) electrons. The first-order valence-corrected chi connectivity index (χ1v) is 4.64. The molecular weight excluding hydrogens is 200 g/mol. The Morgan fingerprint density at radius 3 is 2.87 bits per heavy atom. The standard InChI is InChI=1S/C10H11F2N3/c11-10(12)8(4-13)7-3-1-2-6-5-14-15-9(6)7/h1-3,5,8,10H,4,13H2,(H,14,15). The second kappa shape index (κ2) is 3.94. The van der Waals surface area contributed by atoms with Crippen molar-refractivity contribution in [2.75, 3.05) is 6.54 Å². The van der Waals surface area contributed by atoms with E-state index in [2.05, 4.69) is 10.2 Å². The Kier molecular flexibility index (Phi) is 2.64. The summed E-state index contributed by atoms with van der Waals surface area (Å²) in [5.41, 5.74) is 6.53. The molecule has 0 saturated carbocycles. The van der Waals surface area contributed by atoms with Crippen LogP contribution in [-0.2, 0) is 0 Å². The molecule has 0 fully saturated rings. The Morgan fingerprint density at radius 1 is 1.40 bits per heavy atom. The third kappa shape index (κ3) is 1.70. The van der Waals surface area contributed by atoms with Gasteiger partial charge in [0.25, 0.3) is 0 Å². The van der Waals surface area contributed by atoms with Crippen molar-refractivity contribution < 1.29 is 8.78 Å². The van der Waals surface area contributed by atoms with Crippen LogP contribution in [0.25, 0.3) is 10.9 Å². The van der Waals surface area contributed by atoms with Crippen LogP contribution >= 0.6 is 0 Å². The number of halogens is 2. The lowest BCUT2D eigenvalue weighted by Gasteiger charge is -2.14. The fourth-order valence-corrected chi connectivity index (χ4v) is 1.67. The van der Waals surface area contributed by atoms with Gasteiger partial charge >= 0.3 is 0 Å². The molecule has 0 aliphatic carbocycles. The lowest BCUT2D eigenvalue weighted by Crippen LogP contribution is -2.19. The van der Waals surface area contributed by atoms with Crippen LogP contribution < -0.4 is 5.73 Å². The van der Waals surface area contributed by atoms with Gasteiger partial charge in [0.2, 0.25) is 6.43 Å². The van der Waals surface area contributed by atoms with Crippen LogP contribution in [0.4, 0.5) is 8.78 Å². The Hall–Kier alpha value is -1.49. The zero-order chi connectivity index (χ0) is 10.8. The minimum atomic E-state index is -2.45. The normalized spacial score (nSPS) is 13.6. The largest absolute Gasteiger partial charge is 0.330 e. The van der Waals surface area contributed by atoms with E-state index in [-0.39, 0.29) is 6.54 Å². The SMILES string of the molecule is NCC(c1cccc2cn[nH]c12)C(F)F. The number of alkyl halides is 2. The quantitative estimate of drug-likeness (QED) is 0.814. The number of hydrogen-bond donors (Lipinski definition) is 2. The first-order valence-electron chi connectivity index (χ1n) is 4.64. The summed E-state index contributed by atoms with van der Waals surface area (Å²) in [7, 11) is 0. The first kappa shape index (κ1) is 10.0. The van der Waals surface area contributed by atoms with Gasteiger partial charge in [-0.25, -0.2) is 8.78 Å². The van der Waals surface area contributed by atoms with Crippen LogP contribution in [0, 0.1) is 0 Å². The maximum absolute atomic E-state index is 12.7. The Morgan fingerprint density at radius 2 is 2.20 bits per heavy atom. The number of aromatic nitrogens is 2. The van der Waals surface area contributed by atoms with Gasteiger partial charge < -0.3 is 5.73 Å². The Bertz CT molecular complexity index is 453. The molecule has 1 atom stereocenters. The molecule has 15 heavy (non-hydrogen) atoms. The molecule has 0 spiro atoms. The molecule has 0 saturated heterocycles. The molecule has 5 heteroatoms. The number of nitrogens with zero attached hydrogens (tertiary/aromatic N) is 1. The zero-order valence-corrected chi connectivity index (χ0v) is 7.95. The summed E-state index contributed by atoms with van der Waals surface area (Å²) in [5.74, 6) is -0.936. The van der Waals surface area contributed by atoms with Crippen molar-refractivity contribution in [1.29, 1.82) is 0 Å². The average molecular weight is 211 g/mol. The molecule has 0 amide bonds. The maximum atomic E-state index is 12.7. The van der Waals surface area contributed by atoms with E-state index in [0.29, 0.717) is 11.1 Å². The number of rotatable bonds is 3. The molecule has 1 aromatic heterocycles. The smallest absolute Gasteiger partial charge is 0.246 e. The van der Waals surface area contributed by atoms with Gasteiger partial charge in [-0.3, -0.25) is 5.10 Å². The van der Waals surface area contributed by atoms with Crippen molar-refractivity contribution in [1.82, 2.24) is 10.2 Å². The fourth-order valence-electron chi connectivity index (χ4n) is 1.67. The number of aromatic amines is 1. The Labute approximate surface area is 85.3 Å². The third-order valence-electron chi connectivity index (χ3n) is 2.47. The Balaban J connectivity index is 2.54. The summed E-state index contributed by atoms with van der Waals surface area (Å²) in [6, 6.07) is 5.21. The van der Waals surface area contributed by atoms with E-state index >= 15 is 0 Å². The molecule has 3 nitrogen and oxygen atoms in total. The zero-order valence-electron chi connectivity index (χ0n) is 7.95. The number of nitrogens with two attached hydrogens (primary N) is 1. The predicted octanol–water partition coefficient (Wildman–Crippen LogP) is 1.87. The molecular formula is C10H11F2N3. The molecule has 2 rings (SSSR count). The number of benzene rings is 1. The van der Waals surface area contributed by atoms with Gasteiger partial charge in [0.15, 0.2) is 0 Å². The van der Waals surface area contributed by atoms with Crippen molar-refractivity contribution in [3.63, 3.8) is 0 Å². The van der Waals surface area contributed by atoms with Crippen LogP contribution in [0.15, 0.2) is 24.4 Å². The second-order valence-corrected chi connectivity index (χ2v) is 3.36. The van der Waals surface area contributed by atoms with Crippen LogP contribution in [0.3, 0.4) is 0 Å². The average Bonchev–Trinajstić information content (AvgIpc) is 2.66. The lowest BCUT2D eigenvalue weighted by molar-refractivity contribution is 0.117. The van der Waals surface area contributed by atoms with E-state index in [4.69, 9.17) is 5.73 Å². The summed E-state index contributed by atoms with van der Waals surface area (Å²) in [6.07, 6.45) is -0.846. The van der Waals surface area contributed by atoms with Gasteiger partial charge in [-0.05, 0) is 5.56 Å². The van der Waals surface area contributed by atoms with E-state index in [1.807, 2.05) is 6.07 Å². The van der Waals surface area contributed by atoms with Gasteiger partial charge in [-0.15, -0.1) is 0 Å². The van der Waals surface area contributed by atoms with E-state index in [9.17, 15) is 8.78 Å². The van der Waals surface area contributed by atoms with Crippen molar-refractivity contribution >= 4 is 10.9 Å². The number of hydrogen-bond acceptors (Lipinski definition) is 2. The molecule has 1 aromatic carbocycles. The van der Waals surface area contributed by atoms with Gasteiger partial charge in [0.05, 0.1) is 17.6 Å². The molecule has 0 bridgehead atoms. The first-order chi connectivity index (χ1) is 7.24. The van der Waals surface area contributed by atoms with Gasteiger partial charge in [0, 0.05) is 11.9 Å². The van der Waals surface area contributed by atoms with Gasteiger partial charge in [-0.2, -0.15) is 5.10 Å². The molecule has 0 aliphatic heterocycles. The molecule has 0 aliphatic rings. The lowest BCUT2D eigenvalue weighted by atomic mass is 9.97. The number of para-hydroxylation sites is 1. The monoisotopic (exact) mass is 211 g/mol. The van der Waals surface area contributed by atoms with Crippen molar-refractivity contribution in [2.24, 2.45) is 5.73 Å². The number of nitrogens with one attached hydrogen (secondary N) is 1. The molecule has 1 heterocycles. The highest BCUT2D eigenvalue weighted by molar-refractivity contribution is 5.81. The molecule has 80 valence electrons. The van der Waals surface area contributed by atoms with E-state index in [1.54, 1.807) is 18.3 Å². The van der Waals surface area contributed by atoms with Gasteiger partial charge in [-0.1, -0.05) is 18.2 Å². The number of fused-ring (bicyclic) bond motifs is 1. The summed E-state index contributed by atoms with van der Waals surface area (Å²) in [5, 5.41) is 7.37. The fraction of sp³-hybridized carbons (Fsp3) is 0.300. The van der Waals surface area contributed by atoms with Crippen LogP contribution in [0.2, 0.25) is 0 Å². The second-order valence-electron chi connectivity index (χ2n) is 3.36. The summed E-state index contributed by atoms with van der Waals surface area (Å²) in [4.78, 5) is 0.